The van der Waals surface area contributed by atoms with Crippen LogP contribution in [0.15, 0.2) is 89.9 Å². The molecule has 1 atom stereocenters. The van der Waals surface area contributed by atoms with Crippen LogP contribution >= 0.6 is 15.9 Å². The first kappa shape index (κ1) is 20.3. The van der Waals surface area contributed by atoms with Gasteiger partial charge in [-0.1, -0.05) is 76.6 Å². The fourth-order valence-corrected chi connectivity index (χ4v) is 4.18. The number of Topliss-reactive ketones (excluding diaryl/α,β-unsaturated/α-hetero) is 1. The highest BCUT2D eigenvalue weighted by molar-refractivity contribution is 9.10. The van der Waals surface area contributed by atoms with E-state index in [1.807, 2.05) is 42.5 Å². The van der Waals surface area contributed by atoms with E-state index >= 15 is 0 Å². The lowest BCUT2D eigenvalue weighted by atomic mass is 9.88. The zero-order valence-electron chi connectivity index (χ0n) is 16.2. The summed E-state index contributed by atoms with van der Waals surface area (Å²) in [4.78, 5) is 27.5. The quantitative estimate of drug-likeness (QED) is 0.409. The SMILES string of the molecule is C=CCN1C(=O)[C@](O)(CC(=O)c2ccc(-c3ccccc3)cc2)c2cc(Br)ccc21. The van der Waals surface area contributed by atoms with Gasteiger partial charge in [-0.3, -0.25) is 9.59 Å². The molecule has 150 valence electrons. The van der Waals surface area contributed by atoms with Gasteiger partial charge in [-0.25, -0.2) is 0 Å². The van der Waals surface area contributed by atoms with Crippen LogP contribution in [0.4, 0.5) is 5.69 Å². The first-order valence-corrected chi connectivity index (χ1v) is 10.4. The number of aliphatic hydroxyl groups is 1. The third kappa shape index (κ3) is 3.51. The number of anilines is 1. The maximum absolute atomic E-state index is 13.1. The maximum atomic E-state index is 13.1. The average Bonchev–Trinajstić information content (AvgIpc) is 2.96. The predicted octanol–water partition coefficient (Wildman–Crippen LogP) is 5.11. The Hall–Kier alpha value is -3.02. The van der Waals surface area contributed by atoms with E-state index in [4.69, 9.17) is 0 Å². The van der Waals surface area contributed by atoms with Crippen LogP contribution in [0.1, 0.15) is 22.3 Å². The number of benzene rings is 3. The van der Waals surface area contributed by atoms with Gasteiger partial charge in [0.1, 0.15) is 0 Å². The van der Waals surface area contributed by atoms with Crippen molar-refractivity contribution in [1.82, 2.24) is 0 Å². The monoisotopic (exact) mass is 461 g/mol. The number of nitrogens with zero attached hydrogens (tertiary/aromatic N) is 1. The Balaban J connectivity index is 1.63. The minimum absolute atomic E-state index is 0.260. The Kier molecular flexibility index (Phi) is 5.41. The van der Waals surface area contributed by atoms with Crippen molar-refractivity contribution in [2.45, 2.75) is 12.0 Å². The van der Waals surface area contributed by atoms with E-state index in [-0.39, 0.29) is 18.7 Å². The second kappa shape index (κ2) is 8.01. The molecule has 0 bridgehead atoms. The summed E-state index contributed by atoms with van der Waals surface area (Å²) in [5.74, 6) is -0.804. The van der Waals surface area contributed by atoms with Gasteiger partial charge in [-0.2, -0.15) is 0 Å². The van der Waals surface area contributed by atoms with Crippen LogP contribution < -0.4 is 4.90 Å². The van der Waals surface area contributed by atoms with Crippen molar-refractivity contribution in [2.75, 3.05) is 11.4 Å². The molecule has 0 spiro atoms. The second-order valence-electron chi connectivity index (χ2n) is 7.27. The third-order valence-corrected chi connectivity index (χ3v) is 5.83. The summed E-state index contributed by atoms with van der Waals surface area (Å²) in [6.45, 7) is 3.95. The number of carbonyl (C=O) groups excluding carboxylic acids is 2. The molecule has 3 aromatic carbocycles. The van der Waals surface area contributed by atoms with E-state index in [1.54, 1.807) is 36.4 Å². The molecule has 0 radical (unpaired) electrons. The minimum Gasteiger partial charge on any atom is -0.375 e. The first-order valence-electron chi connectivity index (χ1n) is 9.58. The molecule has 1 aliphatic heterocycles. The van der Waals surface area contributed by atoms with Gasteiger partial charge in [-0.05, 0) is 29.3 Å². The number of amides is 1. The number of hydrogen-bond donors (Lipinski definition) is 1. The predicted molar refractivity (Wildman–Crippen MR) is 121 cm³/mol. The highest BCUT2D eigenvalue weighted by atomic mass is 79.9. The van der Waals surface area contributed by atoms with Crippen molar-refractivity contribution in [3.63, 3.8) is 0 Å². The summed E-state index contributed by atoms with van der Waals surface area (Å²) in [7, 11) is 0. The van der Waals surface area contributed by atoms with Crippen LogP contribution in [-0.2, 0) is 10.4 Å². The Morgan fingerprint density at radius 3 is 2.37 bits per heavy atom. The average molecular weight is 462 g/mol. The van der Waals surface area contributed by atoms with Gasteiger partial charge in [0.2, 0.25) is 0 Å². The van der Waals surface area contributed by atoms with Crippen LogP contribution in [0.2, 0.25) is 0 Å². The molecule has 0 aromatic heterocycles. The topological polar surface area (TPSA) is 57.6 Å². The summed E-state index contributed by atoms with van der Waals surface area (Å²) in [5, 5.41) is 11.3. The fraction of sp³-hybridized carbons (Fsp3) is 0.120. The molecule has 0 unspecified atom stereocenters. The van der Waals surface area contributed by atoms with Crippen LogP contribution in [0.5, 0.6) is 0 Å². The second-order valence-corrected chi connectivity index (χ2v) is 8.19. The van der Waals surface area contributed by atoms with E-state index in [2.05, 4.69) is 22.5 Å². The summed E-state index contributed by atoms with van der Waals surface area (Å²) in [6, 6.07) is 22.3. The standard InChI is InChI=1S/C25H20BrNO3/c1-2-14-27-22-13-12-20(26)15-21(22)25(30,24(27)29)16-23(28)19-10-8-18(9-11-19)17-6-4-3-5-7-17/h2-13,15,30H,1,14,16H2/t25-/m0/s1. The lowest BCUT2D eigenvalue weighted by molar-refractivity contribution is -0.135. The third-order valence-electron chi connectivity index (χ3n) is 5.34. The summed E-state index contributed by atoms with van der Waals surface area (Å²) in [5.41, 5.74) is 1.62. The van der Waals surface area contributed by atoms with Gasteiger partial charge >= 0.3 is 0 Å². The summed E-state index contributed by atoms with van der Waals surface area (Å²) >= 11 is 3.39. The van der Waals surface area contributed by atoms with Gasteiger partial charge in [0.15, 0.2) is 11.4 Å². The van der Waals surface area contributed by atoms with Crippen molar-refractivity contribution in [3.8, 4) is 11.1 Å². The Bertz CT molecular complexity index is 1120. The van der Waals surface area contributed by atoms with E-state index in [0.717, 1.165) is 15.6 Å². The molecule has 0 saturated carbocycles. The molecule has 3 aromatic rings. The van der Waals surface area contributed by atoms with E-state index in [9.17, 15) is 14.7 Å². The highest BCUT2D eigenvalue weighted by Crippen LogP contribution is 2.44. The number of fused-ring (bicyclic) bond motifs is 1. The molecule has 4 rings (SSSR count). The van der Waals surface area contributed by atoms with Crippen molar-refractivity contribution in [1.29, 1.82) is 0 Å². The molecule has 0 saturated heterocycles. The Morgan fingerprint density at radius 2 is 1.70 bits per heavy atom. The number of ketones is 1. The number of carbonyl (C=O) groups is 2. The van der Waals surface area contributed by atoms with Crippen molar-refractivity contribution in [3.05, 3.63) is 101 Å². The number of hydrogen-bond acceptors (Lipinski definition) is 3. The molecule has 0 aliphatic carbocycles. The van der Waals surface area contributed by atoms with Crippen LogP contribution in [0.25, 0.3) is 11.1 Å². The smallest absolute Gasteiger partial charge is 0.264 e. The zero-order chi connectivity index (χ0) is 21.3. The summed E-state index contributed by atoms with van der Waals surface area (Å²) < 4.78 is 0.729. The normalized spacial score (nSPS) is 17.7. The highest BCUT2D eigenvalue weighted by Gasteiger charge is 2.50. The van der Waals surface area contributed by atoms with Crippen LogP contribution in [0, 0.1) is 0 Å². The molecule has 0 fully saturated rings. The van der Waals surface area contributed by atoms with Gasteiger partial charge < -0.3 is 10.0 Å². The first-order chi connectivity index (χ1) is 14.4. The molecule has 1 aliphatic rings. The molecule has 1 amide bonds. The lowest BCUT2D eigenvalue weighted by Gasteiger charge is -2.22. The molecule has 5 heteroatoms. The molecule has 1 N–H and O–H groups in total. The number of halogens is 1. The fourth-order valence-electron chi connectivity index (χ4n) is 3.82. The minimum atomic E-state index is -1.91. The van der Waals surface area contributed by atoms with Crippen molar-refractivity contribution >= 4 is 33.3 Å². The lowest BCUT2D eigenvalue weighted by Crippen LogP contribution is -2.41. The zero-order valence-corrected chi connectivity index (χ0v) is 17.8. The largest absolute Gasteiger partial charge is 0.375 e. The number of rotatable bonds is 6. The molecule has 30 heavy (non-hydrogen) atoms. The molecular weight excluding hydrogens is 442 g/mol. The Morgan fingerprint density at radius 1 is 1.03 bits per heavy atom. The van der Waals surface area contributed by atoms with E-state index in [0.29, 0.717) is 16.8 Å². The Labute approximate surface area is 183 Å². The van der Waals surface area contributed by atoms with Gasteiger partial charge in [0.05, 0.1) is 12.1 Å². The van der Waals surface area contributed by atoms with Crippen LogP contribution in [0.3, 0.4) is 0 Å². The molecule has 4 nitrogen and oxygen atoms in total. The summed E-state index contributed by atoms with van der Waals surface area (Å²) in [6.07, 6.45) is 1.27. The van der Waals surface area contributed by atoms with Gasteiger partial charge in [-0.15, -0.1) is 6.58 Å². The van der Waals surface area contributed by atoms with E-state index < -0.39 is 11.5 Å². The molecule has 1 heterocycles. The maximum Gasteiger partial charge on any atom is 0.264 e. The van der Waals surface area contributed by atoms with Crippen molar-refractivity contribution in [2.24, 2.45) is 0 Å². The van der Waals surface area contributed by atoms with Crippen LogP contribution in [-0.4, -0.2) is 23.3 Å². The molecular formula is C25H20BrNO3. The van der Waals surface area contributed by atoms with Gasteiger partial charge in [0.25, 0.3) is 5.91 Å². The van der Waals surface area contributed by atoms with E-state index in [1.165, 1.54) is 4.90 Å². The van der Waals surface area contributed by atoms with Crippen molar-refractivity contribution < 1.29 is 14.7 Å². The van der Waals surface area contributed by atoms with Gasteiger partial charge in [0, 0.05) is 22.1 Å².